The summed E-state index contributed by atoms with van der Waals surface area (Å²) in [5.74, 6) is -1.15. The molecular formula is C22H29N3O2S. The first kappa shape index (κ1) is 20.6. The monoisotopic (exact) mass is 399 g/mol. The number of likely N-dealkylation sites (tertiary alicyclic amines) is 1. The summed E-state index contributed by atoms with van der Waals surface area (Å²) in [6.45, 7) is 4.90. The van der Waals surface area contributed by atoms with Crippen LogP contribution in [0.25, 0.3) is 0 Å². The van der Waals surface area contributed by atoms with E-state index < -0.39 is 11.8 Å². The van der Waals surface area contributed by atoms with Gasteiger partial charge in [-0.3, -0.25) is 14.5 Å². The van der Waals surface area contributed by atoms with E-state index in [4.69, 9.17) is 0 Å². The van der Waals surface area contributed by atoms with Crippen LogP contribution in [-0.4, -0.2) is 36.3 Å². The molecule has 0 spiro atoms. The lowest BCUT2D eigenvalue weighted by atomic mass is 10.1. The fraction of sp³-hybridized carbons (Fsp3) is 0.455. The van der Waals surface area contributed by atoms with Gasteiger partial charge in [-0.2, -0.15) is 11.3 Å². The Hall–Kier alpha value is -2.18. The molecule has 1 aliphatic rings. The first-order valence-electron chi connectivity index (χ1n) is 10.0. The Bertz CT molecular complexity index is 751. The molecule has 1 saturated heterocycles. The Morgan fingerprint density at radius 1 is 1.00 bits per heavy atom. The molecule has 150 valence electrons. The molecule has 2 amide bonds. The molecule has 0 bridgehead atoms. The highest BCUT2D eigenvalue weighted by atomic mass is 32.1. The maximum atomic E-state index is 12.3. The van der Waals surface area contributed by atoms with Crippen molar-refractivity contribution in [2.24, 2.45) is 0 Å². The normalized spacial score (nSPS) is 16.2. The van der Waals surface area contributed by atoms with E-state index >= 15 is 0 Å². The fourth-order valence-corrected chi connectivity index (χ4v) is 4.27. The number of carbonyl (C=O) groups excluding carboxylic acids is 2. The second-order valence-electron chi connectivity index (χ2n) is 7.40. The summed E-state index contributed by atoms with van der Waals surface area (Å²) >= 11 is 1.67. The molecule has 0 radical (unpaired) electrons. The summed E-state index contributed by atoms with van der Waals surface area (Å²) in [5.41, 5.74) is 3.36. The van der Waals surface area contributed by atoms with Crippen molar-refractivity contribution in [1.29, 1.82) is 0 Å². The van der Waals surface area contributed by atoms with Crippen LogP contribution in [0.2, 0.25) is 0 Å². The highest BCUT2D eigenvalue weighted by Crippen LogP contribution is 2.25. The van der Waals surface area contributed by atoms with Gasteiger partial charge in [-0.05, 0) is 60.8 Å². The molecule has 6 heteroatoms. The van der Waals surface area contributed by atoms with Crippen LogP contribution in [0.4, 0.5) is 0 Å². The number of thiophene rings is 1. The SMILES string of the molecule is Cc1ccc(CNC(=O)C(=O)NCC(c2ccsc2)N2CCCCCC2)cc1. The summed E-state index contributed by atoms with van der Waals surface area (Å²) in [4.78, 5) is 26.9. The Morgan fingerprint density at radius 3 is 2.32 bits per heavy atom. The summed E-state index contributed by atoms with van der Waals surface area (Å²) in [5, 5.41) is 9.75. The molecule has 1 unspecified atom stereocenters. The molecular weight excluding hydrogens is 370 g/mol. The van der Waals surface area contributed by atoms with Gasteiger partial charge in [-0.1, -0.05) is 42.7 Å². The summed E-state index contributed by atoms with van der Waals surface area (Å²) in [6, 6.07) is 10.1. The third-order valence-corrected chi connectivity index (χ3v) is 5.95. The number of amides is 2. The highest BCUT2D eigenvalue weighted by molar-refractivity contribution is 7.08. The summed E-state index contributed by atoms with van der Waals surface area (Å²) in [7, 11) is 0. The number of hydrogen-bond acceptors (Lipinski definition) is 4. The van der Waals surface area contributed by atoms with E-state index in [9.17, 15) is 9.59 Å². The van der Waals surface area contributed by atoms with Crippen molar-refractivity contribution >= 4 is 23.2 Å². The van der Waals surface area contributed by atoms with E-state index in [-0.39, 0.29) is 6.04 Å². The highest BCUT2D eigenvalue weighted by Gasteiger charge is 2.23. The molecule has 2 aromatic rings. The average Bonchev–Trinajstić information content (AvgIpc) is 3.10. The van der Waals surface area contributed by atoms with Crippen LogP contribution in [0.3, 0.4) is 0 Å². The molecule has 1 aromatic carbocycles. The Balaban J connectivity index is 1.53. The maximum absolute atomic E-state index is 12.3. The zero-order valence-corrected chi connectivity index (χ0v) is 17.3. The molecule has 5 nitrogen and oxygen atoms in total. The van der Waals surface area contributed by atoms with Gasteiger partial charge < -0.3 is 10.6 Å². The fourth-order valence-electron chi connectivity index (χ4n) is 3.57. The van der Waals surface area contributed by atoms with E-state index in [1.165, 1.54) is 36.8 Å². The van der Waals surface area contributed by atoms with Crippen LogP contribution in [0.5, 0.6) is 0 Å². The minimum atomic E-state index is -0.583. The zero-order chi connectivity index (χ0) is 19.8. The van der Waals surface area contributed by atoms with Crippen molar-refractivity contribution in [3.63, 3.8) is 0 Å². The van der Waals surface area contributed by atoms with Crippen molar-refractivity contribution < 1.29 is 9.59 Å². The second-order valence-corrected chi connectivity index (χ2v) is 8.18. The molecule has 0 saturated carbocycles. The molecule has 1 aliphatic heterocycles. The Kier molecular flexibility index (Phi) is 7.62. The first-order valence-corrected chi connectivity index (χ1v) is 11.0. The third-order valence-electron chi connectivity index (χ3n) is 5.25. The molecule has 2 N–H and O–H groups in total. The molecule has 28 heavy (non-hydrogen) atoms. The predicted octanol–water partition coefficient (Wildman–Crippen LogP) is 3.41. The lowest BCUT2D eigenvalue weighted by molar-refractivity contribution is -0.139. The van der Waals surface area contributed by atoms with Crippen molar-refractivity contribution in [1.82, 2.24) is 15.5 Å². The maximum Gasteiger partial charge on any atom is 0.309 e. The Morgan fingerprint density at radius 2 is 1.68 bits per heavy atom. The summed E-state index contributed by atoms with van der Waals surface area (Å²) < 4.78 is 0. The lowest BCUT2D eigenvalue weighted by Gasteiger charge is -2.30. The number of aryl methyl sites for hydroxylation is 1. The van der Waals surface area contributed by atoms with E-state index in [0.29, 0.717) is 13.1 Å². The minimum Gasteiger partial charge on any atom is -0.346 e. The van der Waals surface area contributed by atoms with Gasteiger partial charge >= 0.3 is 11.8 Å². The number of nitrogens with one attached hydrogen (secondary N) is 2. The van der Waals surface area contributed by atoms with Crippen LogP contribution in [0.15, 0.2) is 41.1 Å². The van der Waals surface area contributed by atoms with Gasteiger partial charge in [0, 0.05) is 13.1 Å². The van der Waals surface area contributed by atoms with Crippen molar-refractivity contribution in [2.75, 3.05) is 19.6 Å². The van der Waals surface area contributed by atoms with E-state index in [2.05, 4.69) is 32.4 Å². The number of carbonyl (C=O) groups is 2. The van der Waals surface area contributed by atoms with Gasteiger partial charge in [-0.25, -0.2) is 0 Å². The first-order chi connectivity index (χ1) is 13.6. The van der Waals surface area contributed by atoms with Gasteiger partial charge in [-0.15, -0.1) is 0 Å². The second kappa shape index (κ2) is 10.4. The smallest absolute Gasteiger partial charge is 0.309 e. The van der Waals surface area contributed by atoms with Crippen LogP contribution in [0.1, 0.15) is 48.4 Å². The number of benzene rings is 1. The minimum absolute atomic E-state index is 0.123. The molecule has 1 fully saturated rings. The van der Waals surface area contributed by atoms with Crippen LogP contribution in [0, 0.1) is 6.92 Å². The van der Waals surface area contributed by atoms with Gasteiger partial charge in [0.25, 0.3) is 0 Å². The number of rotatable bonds is 6. The van der Waals surface area contributed by atoms with Crippen LogP contribution in [-0.2, 0) is 16.1 Å². The van der Waals surface area contributed by atoms with Gasteiger partial charge in [0.15, 0.2) is 0 Å². The van der Waals surface area contributed by atoms with Crippen LogP contribution >= 0.6 is 11.3 Å². The number of nitrogens with zero attached hydrogens (tertiary/aromatic N) is 1. The van der Waals surface area contributed by atoms with E-state index in [1.54, 1.807) is 11.3 Å². The van der Waals surface area contributed by atoms with Crippen molar-refractivity contribution in [3.8, 4) is 0 Å². The Labute approximate surface area is 171 Å². The summed E-state index contributed by atoms with van der Waals surface area (Å²) in [6.07, 6.45) is 4.90. The number of hydrogen-bond donors (Lipinski definition) is 2. The van der Waals surface area contributed by atoms with Crippen molar-refractivity contribution in [3.05, 3.63) is 57.8 Å². The molecule has 1 atom stereocenters. The van der Waals surface area contributed by atoms with Crippen LogP contribution < -0.4 is 10.6 Å². The van der Waals surface area contributed by atoms with Gasteiger partial charge in [0.1, 0.15) is 0 Å². The molecule has 0 aliphatic carbocycles. The van der Waals surface area contributed by atoms with Gasteiger partial charge in [0.2, 0.25) is 0 Å². The molecule has 3 rings (SSSR count). The van der Waals surface area contributed by atoms with E-state index in [0.717, 1.165) is 18.7 Å². The average molecular weight is 400 g/mol. The van der Waals surface area contributed by atoms with Crippen molar-refractivity contribution in [2.45, 2.75) is 45.2 Å². The third kappa shape index (κ3) is 5.91. The zero-order valence-electron chi connectivity index (χ0n) is 16.4. The molecule has 1 aromatic heterocycles. The topological polar surface area (TPSA) is 61.4 Å². The quantitative estimate of drug-likeness (QED) is 0.732. The van der Waals surface area contributed by atoms with E-state index in [1.807, 2.05) is 31.2 Å². The predicted molar refractivity (Wildman–Crippen MR) is 113 cm³/mol. The van der Waals surface area contributed by atoms with Gasteiger partial charge in [0.05, 0.1) is 6.04 Å². The lowest BCUT2D eigenvalue weighted by Crippen LogP contribution is -2.44. The largest absolute Gasteiger partial charge is 0.346 e. The molecule has 2 heterocycles. The standard InChI is InChI=1S/C22H29N3O2S/c1-17-6-8-18(9-7-17)14-23-21(26)22(27)24-15-20(19-10-13-28-16-19)25-11-4-2-3-5-12-25/h6-10,13,16,20H,2-5,11-12,14-15H2,1H3,(H,23,26)(H,24,27).